The molecule has 112 valence electrons. The third-order valence-corrected chi connectivity index (χ3v) is 3.76. The zero-order valence-corrected chi connectivity index (χ0v) is 12.6. The molecule has 1 aliphatic rings. The molecule has 2 rings (SSSR count). The SMILES string of the molecule is CCCNc1nc(C)cc(N2CCCCC2CCO)n1. The van der Waals surface area contributed by atoms with Crippen molar-refractivity contribution in [2.75, 3.05) is 29.9 Å². The van der Waals surface area contributed by atoms with Crippen molar-refractivity contribution in [3.05, 3.63) is 11.8 Å². The fraction of sp³-hybridized carbons (Fsp3) is 0.733. The molecule has 20 heavy (non-hydrogen) atoms. The summed E-state index contributed by atoms with van der Waals surface area (Å²) in [6.45, 7) is 6.29. The minimum Gasteiger partial charge on any atom is -0.396 e. The Morgan fingerprint density at radius 1 is 1.40 bits per heavy atom. The third kappa shape index (κ3) is 3.82. The Morgan fingerprint density at radius 3 is 3.00 bits per heavy atom. The summed E-state index contributed by atoms with van der Waals surface area (Å²) in [6.07, 6.45) is 5.46. The smallest absolute Gasteiger partial charge is 0.224 e. The Labute approximate surface area is 121 Å². The summed E-state index contributed by atoms with van der Waals surface area (Å²) in [7, 11) is 0. The van der Waals surface area contributed by atoms with Gasteiger partial charge in [-0.1, -0.05) is 6.92 Å². The van der Waals surface area contributed by atoms with Crippen molar-refractivity contribution in [1.29, 1.82) is 0 Å². The molecule has 1 fully saturated rings. The Morgan fingerprint density at radius 2 is 2.25 bits per heavy atom. The van der Waals surface area contributed by atoms with Crippen LogP contribution in [-0.2, 0) is 0 Å². The average molecular weight is 278 g/mol. The molecule has 0 saturated carbocycles. The lowest BCUT2D eigenvalue weighted by atomic mass is 9.99. The number of hydrogen-bond donors (Lipinski definition) is 2. The minimum atomic E-state index is 0.242. The van der Waals surface area contributed by atoms with Gasteiger partial charge in [-0.25, -0.2) is 4.98 Å². The maximum atomic E-state index is 9.24. The molecule has 1 saturated heterocycles. The quantitative estimate of drug-likeness (QED) is 0.836. The van der Waals surface area contributed by atoms with Gasteiger partial charge in [0.1, 0.15) is 5.82 Å². The van der Waals surface area contributed by atoms with Crippen LogP contribution in [0.5, 0.6) is 0 Å². The van der Waals surface area contributed by atoms with Gasteiger partial charge in [0.15, 0.2) is 0 Å². The van der Waals surface area contributed by atoms with Gasteiger partial charge < -0.3 is 15.3 Å². The van der Waals surface area contributed by atoms with E-state index in [0.29, 0.717) is 6.04 Å². The molecule has 1 aromatic heterocycles. The molecule has 1 unspecified atom stereocenters. The summed E-state index contributed by atoms with van der Waals surface area (Å²) >= 11 is 0. The van der Waals surface area contributed by atoms with Crippen LogP contribution in [0.3, 0.4) is 0 Å². The van der Waals surface area contributed by atoms with Crippen LogP contribution in [0.1, 0.15) is 44.7 Å². The van der Waals surface area contributed by atoms with Crippen LogP contribution in [0.25, 0.3) is 0 Å². The van der Waals surface area contributed by atoms with Gasteiger partial charge in [0.25, 0.3) is 0 Å². The zero-order valence-electron chi connectivity index (χ0n) is 12.6. The van der Waals surface area contributed by atoms with Crippen LogP contribution >= 0.6 is 0 Å². The summed E-state index contributed by atoms with van der Waals surface area (Å²) in [5, 5.41) is 12.5. The Kier molecular flexibility index (Phi) is 5.59. The average Bonchev–Trinajstić information content (AvgIpc) is 2.45. The van der Waals surface area contributed by atoms with Gasteiger partial charge in [-0.15, -0.1) is 0 Å². The van der Waals surface area contributed by atoms with Crippen molar-refractivity contribution in [1.82, 2.24) is 9.97 Å². The predicted molar refractivity (Wildman–Crippen MR) is 82.2 cm³/mol. The van der Waals surface area contributed by atoms with Crippen molar-refractivity contribution < 1.29 is 5.11 Å². The number of aromatic nitrogens is 2. The molecular weight excluding hydrogens is 252 g/mol. The second kappa shape index (κ2) is 7.43. The molecular formula is C15H26N4O. The van der Waals surface area contributed by atoms with Crippen LogP contribution < -0.4 is 10.2 Å². The fourth-order valence-electron chi connectivity index (χ4n) is 2.77. The Bertz CT molecular complexity index is 422. The van der Waals surface area contributed by atoms with Crippen LogP contribution in [0, 0.1) is 6.92 Å². The predicted octanol–water partition coefficient (Wildman–Crippen LogP) is 2.35. The lowest BCUT2D eigenvalue weighted by Gasteiger charge is -2.36. The molecule has 1 atom stereocenters. The molecule has 2 N–H and O–H groups in total. The topological polar surface area (TPSA) is 61.3 Å². The highest BCUT2D eigenvalue weighted by Gasteiger charge is 2.23. The first-order valence-corrected chi connectivity index (χ1v) is 7.71. The van der Waals surface area contributed by atoms with E-state index in [9.17, 15) is 5.11 Å². The number of aryl methyl sites for hydroxylation is 1. The largest absolute Gasteiger partial charge is 0.396 e. The molecule has 5 heteroatoms. The molecule has 0 aliphatic carbocycles. The standard InChI is InChI=1S/C15H26N4O/c1-3-8-16-15-17-12(2)11-14(18-15)19-9-5-4-6-13(19)7-10-20/h11,13,20H,3-10H2,1-2H3,(H,16,17,18). The van der Waals surface area contributed by atoms with Gasteiger partial charge in [0, 0.05) is 37.5 Å². The number of nitrogens with one attached hydrogen (secondary N) is 1. The number of aliphatic hydroxyl groups excluding tert-OH is 1. The molecule has 1 aliphatic heterocycles. The number of rotatable bonds is 6. The second-order valence-electron chi connectivity index (χ2n) is 5.47. The van der Waals surface area contributed by atoms with Crippen LogP contribution in [-0.4, -0.2) is 40.8 Å². The first-order valence-electron chi connectivity index (χ1n) is 7.71. The number of piperidine rings is 1. The Hall–Kier alpha value is -1.36. The molecule has 5 nitrogen and oxygen atoms in total. The van der Waals surface area contributed by atoms with Crippen LogP contribution in [0.15, 0.2) is 6.07 Å². The number of nitrogens with zero attached hydrogens (tertiary/aromatic N) is 3. The second-order valence-corrected chi connectivity index (χ2v) is 5.47. The highest BCUT2D eigenvalue weighted by Crippen LogP contribution is 2.26. The number of aliphatic hydroxyl groups is 1. The minimum absolute atomic E-state index is 0.242. The van der Waals surface area contributed by atoms with Gasteiger partial charge >= 0.3 is 0 Å². The highest BCUT2D eigenvalue weighted by molar-refractivity contribution is 5.46. The number of anilines is 2. The first-order chi connectivity index (χ1) is 9.74. The van der Waals surface area contributed by atoms with Gasteiger partial charge in [-0.05, 0) is 39.0 Å². The van der Waals surface area contributed by atoms with E-state index >= 15 is 0 Å². The van der Waals surface area contributed by atoms with Crippen molar-refractivity contribution in [3.8, 4) is 0 Å². The van der Waals surface area contributed by atoms with E-state index in [2.05, 4.69) is 27.1 Å². The number of hydrogen-bond acceptors (Lipinski definition) is 5. The van der Waals surface area contributed by atoms with E-state index in [0.717, 1.165) is 49.8 Å². The first kappa shape index (κ1) is 15.0. The van der Waals surface area contributed by atoms with E-state index in [1.807, 2.05) is 13.0 Å². The molecule has 0 bridgehead atoms. The summed E-state index contributed by atoms with van der Waals surface area (Å²) in [4.78, 5) is 11.4. The molecule has 0 amide bonds. The van der Waals surface area contributed by atoms with Gasteiger partial charge in [-0.2, -0.15) is 4.98 Å². The van der Waals surface area contributed by atoms with Crippen LogP contribution in [0.4, 0.5) is 11.8 Å². The van der Waals surface area contributed by atoms with Crippen molar-refractivity contribution >= 4 is 11.8 Å². The maximum Gasteiger partial charge on any atom is 0.224 e. The van der Waals surface area contributed by atoms with Crippen molar-refractivity contribution in [2.45, 2.75) is 52.0 Å². The van der Waals surface area contributed by atoms with E-state index in [1.165, 1.54) is 12.8 Å². The van der Waals surface area contributed by atoms with E-state index in [4.69, 9.17) is 0 Å². The molecule has 0 spiro atoms. The molecule has 1 aromatic rings. The zero-order chi connectivity index (χ0) is 14.4. The summed E-state index contributed by atoms with van der Waals surface area (Å²) in [5.41, 5.74) is 0.988. The lowest BCUT2D eigenvalue weighted by Crippen LogP contribution is -2.40. The van der Waals surface area contributed by atoms with Crippen LogP contribution in [0.2, 0.25) is 0 Å². The fourth-order valence-corrected chi connectivity index (χ4v) is 2.77. The van der Waals surface area contributed by atoms with Gasteiger partial charge in [0.05, 0.1) is 0 Å². The molecule has 0 radical (unpaired) electrons. The van der Waals surface area contributed by atoms with E-state index < -0.39 is 0 Å². The summed E-state index contributed by atoms with van der Waals surface area (Å²) < 4.78 is 0. The van der Waals surface area contributed by atoms with E-state index in [-0.39, 0.29) is 6.61 Å². The van der Waals surface area contributed by atoms with Gasteiger partial charge in [0.2, 0.25) is 5.95 Å². The Balaban J connectivity index is 2.18. The summed E-state index contributed by atoms with van der Waals surface area (Å²) in [5.74, 6) is 1.71. The third-order valence-electron chi connectivity index (χ3n) is 3.76. The molecule has 2 heterocycles. The van der Waals surface area contributed by atoms with E-state index in [1.54, 1.807) is 0 Å². The monoisotopic (exact) mass is 278 g/mol. The van der Waals surface area contributed by atoms with Crippen molar-refractivity contribution in [3.63, 3.8) is 0 Å². The van der Waals surface area contributed by atoms with Crippen molar-refractivity contribution in [2.24, 2.45) is 0 Å². The normalized spacial score (nSPS) is 19.1. The maximum absolute atomic E-state index is 9.24. The summed E-state index contributed by atoms with van der Waals surface area (Å²) in [6, 6.07) is 2.45. The van der Waals surface area contributed by atoms with Gasteiger partial charge in [-0.3, -0.25) is 0 Å². The highest BCUT2D eigenvalue weighted by atomic mass is 16.3. The molecule has 0 aromatic carbocycles. The lowest BCUT2D eigenvalue weighted by molar-refractivity contribution is 0.262.